The second-order valence-electron chi connectivity index (χ2n) is 7.83. The van der Waals surface area contributed by atoms with Gasteiger partial charge in [-0.15, -0.1) is 0 Å². The van der Waals surface area contributed by atoms with Crippen LogP contribution in [0, 0.1) is 5.92 Å². The quantitative estimate of drug-likeness (QED) is 0.570. The van der Waals surface area contributed by atoms with Crippen LogP contribution in [0.2, 0.25) is 0 Å². The van der Waals surface area contributed by atoms with E-state index in [0.29, 0.717) is 37.4 Å². The van der Waals surface area contributed by atoms with Gasteiger partial charge in [0.25, 0.3) is 5.91 Å². The molecule has 1 atom stereocenters. The van der Waals surface area contributed by atoms with Crippen LogP contribution in [0.15, 0.2) is 61.2 Å². The van der Waals surface area contributed by atoms with Crippen molar-refractivity contribution in [3.05, 3.63) is 72.3 Å². The number of carbonyl (C=O) groups is 2. The second kappa shape index (κ2) is 10.0. The summed E-state index contributed by atoms with van der Waals surface area (Å²) in [7, 11) is 0. The summed E-state index contributed by atoms with van der Waals surface area (Å²) in [5, 5.41) is 9.05. The Morgan fingerprint density at radius 3 is 2.47 bits per heavy atom. The first-order valence-electron chi connectivity index (χ1n) is 10.6. The van der Waals surface area contributed by atoms with Crippen LogP contribution in [0.1, 0.15) is 34.8 Å². The molecule has 1 aliphatic heterocycles. The van der Waals surface area contributed by atoms with Gasteiger partial charge in [-0.25, -0.2) is 4.68 Å². The summed E-state index contributed by atoms with van der Waals surface area (Å²) in [5.74, 6) is -1.08. The number of alkyl halides is 3. The van der Waals surface area contributed by atoms with Crippen molar-refractivity contribution in [2.24, 2.45) is 5.92 Å². The first-order valence-corrected chi connectivity index (χ1v) is 10.6. The number of ether oxygens (including phenoxy) is 1. The number of nitrogens with zero attached hydrogens (tertiary/aromatic N) is 3. The molecule has 8 nitrogen and oxygen atoms in total. The first-order chi connectivity index (χ1) is 16.3. The van der Waals surface area contributed by atoms with Gasteiger partial charge >= 0.3 is 6.18 Å². The maximum absolute atomic E-state index is 13.5. The number of hydrogen-bond donors (Lipinski definition) is 2. The molecule has 2 aromatic heterocycles. The molecule has 4 rings (SSSR count). The molecular formula is C23H22F3N5O3. The third kappa shape index (κ3) is 5.60. The summed E-state index contributed by atoms with van der Waals surface area (Å²) >= 11 is 0. The minimum Gasteiger partial charge on any atom is -0.381 e. The third-order valence-electron chi connectivity index (χ3n) is 5.46. The van der Waals surface area contributed by atoms with Gasteiger partial charge in [-0.2, -0.15) is 18.3 Å². The lowest BCUT2D eigenvalue weighted by Crippen LogP contribution is -2.38. The van der Waals surface area contributed by atoms with E-state index >= 15 is 0 Å². The van der Waals surface area contributed by atoms with Gasteiger partial charge in [-0.05, 0) is 43.2 Å². The van der Waals surface area contributed by atoms with Crippen molar-refractivity contribution in [2.75, 3.05) is 18.5 Å². The molecule has 1 aromatic carbocycles. The van der Waals surface area contributed by atoms with E-state index in [4.69, 9.17) is 4.74 Å². The Morgan fingerprint density at radius 2 is 1.82 bits per heavy atom. The molecule has 2 amide bonds. The fourth-order valence-corrected chi connectivity index (χ4v) is 3.61. The van der Waals surface area contributed by atoms with Gasteiger partial charge in [0, 0.05) is 42.7 Å². The lowest BCUT2D eigenvalue weighted by Gasteiger charge is -2.21. The van der Waals surface area contributed by atoms with Gasteiger partial charge in [-0.1, -0.05) is 6.07 Å². The van der Waals surface area contributed by atoms with Crippen LogP contribution >= 0.6 is 0 Å². The van der Waals surface area contributed by atoms with Crippen LogP contribution in [-0.4, -0.2) is 46.0 Å². The Kier molecular flexibility index (Phi) is 6.92. The van der Waals surface area contributed by atoms with Crippen molar-refractivity contribution in [1.29, 1.82) is 0 Å². The monoisotopic (exact) mass is 473 g/mol. The van der Waals surface area contributed by atoms with Crippen molar-refractivity contribution < 1.29 is 27.5 Å². The fourth-order valence-electron chi connectivity index (χ4n) is 3.61. The summed E-state index contributed by atoms with van der Waals surface area (Å²) in [4.78, 5) is 28.5. The molecule has 1 fully saturated rings. The zero-order chi connectivity index (χ0) is 24.1. The minimum atomic E-state index is -4.68. The average molecular weight is 473 g/mol. The molecule has 0 spiro atoms. The van der Waals surface area contributed by atoms with Crippen molar-refractivity contribution in [3.63, 3.8) is 0 Å². The molecule has 2 N–H and O–H groups in total. The van der Waals surface area contributed by atoms with Crippen LogP contribution in [0.25, 0.3) is 5.69 Å². The Morgan fingerprint density at radius 1 is 1.09 bits per heavy atom. The number of hydrogen-bond acceptors (Lipinski definition) is 5. The van der Waals surface area contributed by atoms with Crippen molar-refractivity contribution >= 4 is 17.5 Å². The molecule has 1 unspecified atom stereocenters. The molecule has 34 heavy (non-hydrogen) atoms. The maximum atomic E-state index is 13.5. The van der Waals surface area contributed by atoms with E-state index in [1.54, 1.807) is 18.3 Å². The number of carbonyl (C=O) groups excluding carboxylic acids is 2. The van der Waals surface area contributed by atoms with E-state index < -0.39 is 18.1 Å². The molecule has 0 bridgehead atoms. The van der Waals surface area contributed by atoms with Crippen LogP contribution in [0.5, 0.6) is 0 Å². The molecular weight excluding hydrogens is 451 g/mol. The summed E-state index contributed by atoms with van der Waals surface area (Å²) in [6.45, 7) is 1.12. The highest BCUT2D eigenvalue weighted by Crippen LogP contribution is 2.32. The molecule has 3 heterocycles. The fraction of sp³-hybridized carbons (Fsp3) is 0.304. The van der Waals surface area contributed by atoms with E-state index in [2.05, 4.69) is 15.4 Å². The lowest BCUT2D eigenvalue weighted by molar-refractivity contribution is -0.155. The molecule has 0 saturated carbocycles. The molecule has 1 aliphatic rings. The topological polar surface area (TPSA) is 98.1 Å². The van der Waals surface area contributed by atoms with Crippen LogP contribution in [0.4, 0.5) is 18.9 Å². The van der Waals surface area contributed by atoms with Crippen LogP contribution in [0.3, 0.4) is 0 Å². The summed E-state index contributed by atoms with van der Waals surface area (Å²) in [5.41, 5.74) is 0.986. The van der Waals surface area contributed by atoms with Crippen LogP contribution in [-0.2, 0) is 9.53 Å². The molecule has 3 aromatic rings. The Hall–Kier alpha value is -3.73. The third-order valence-corrected chi connectivity index (χ3v) is 5.46. The zero-order valence-electron chi connectivity index (χ0n) is 18.0. The van der Waals surface area contributed by atoms with Gasteiger partial charge in [0.15, 0.2) is 6.04 Å². The molecule has 1 saturated heterocycles. The number of halogens is 3. The molecule has 0 aliphatic carbocycles. The zero-order valence-corrected chi connectivity index (χ0v) is 18.0. The number of benzene rings is 1. The van der Waals surface area contributed by atoms with Crippen molar-refractivity contribution in [3.8, 4) is 5.69 Å². The van der Waals surface area contributed by atoms with Gasteiger partial charge < -0.3 is 15.4 Å². The number of pyridine rings is 1. The summed E-state index contributed by atoms with van der Waals surface area (Å²) < 4.78 is 47.2. The predicted octanol–water partition coefficient (Wildman–Crippen LogP) is 3.67. The summed E-state index contributed by atoms with van der Waals surface area (Å²) in [6, 6.07) is 6.37. The van der Waals surface area contributed by atoms with E-state index in [0.717, 1.165) is 6.20 Å². The molecule has 11 heteroatoms. The van der Waals surface area contributed by atoms with E-state index in [1.807, 2.05) is 5.32 Å². The Labute approximate surface area is 193 Å². The largest absolute Gasteiger partial charge is 0.412 e. The first kappa shape index (κ1) is 23.4. The average Bonchev–Trinajstić information content (AvgIpc) is 3.31. The second-order valence-corrected chi connectivity index (χ2v) is 7.83. The number of aromatic nitrogens is 3. The number of anilines is 1. The normalized spacial score (nSPS) is 15.5. The SMILES string of the molecule is O=C(NC(c1cccnc1)C(F)(F)F)c1ccc(-n2cc(NC(=O)C3CCOCC3)cn2)cc1. The van der Waals surface area contributed by atoms with E-state index in [-0.39, 0.29) is 23.0 Å². The van der Waals surface area contributed by atoms with Gasteiger partial charge in [0.1, 0.15) is 0 Å². The number of rotatable bonds is 6. The highest BCUT2D eigenvalue weighted by molar-refractivity contribution is 5.94. The highest BCUT2D eigenvalue weighted by atomic mass is 19.4. The van der Waals surface area contributed by atoms with Gasteiger partial charge in [0.2, 0.25) is 5.91 Å². The van der Waals surface area contributed by atoms with E-state index in [1.165, 1.54) is 41.3 Å². The maximum Gasteiger partial charge on any atom is 0.412 e. The molecule has 0 radical (unpaired) electrons. The standard InChI is InChI=1S/C23H22F3N5O3/c24-23(25,26)20(17-2-1-9-27-12-17)30-22(33)15-3-5-19(6-4-15)31-14-18(13-28-31)29-21(32)16-7-10-34-11-8-16/h1-6,9,12-14,16,20H,7-8,10-11H2,(H,29,32)(H,30,33). The molecule has 178 valence electrons. The predicted molar refractivity (Wildman–Crippen MR) is 116 cm³/mol. The van der Waals surface area contributed by atoms with Crippen molar-refractivity contribution in [1.82, 2.24) is 20.1 Å². The number of amides is 2. The minimum absolute atomic E-state index is 0.0575. The van der Waals surface area contributed by atoms with Crippen LogP contribution < -0.4 is 10.6 Å². The van der Waals surface area contributed by atoms with E-state index in [9.17, 15) is 22.8 Å². The number of nitrogens with one attached hydrogen (secondary N) is 2. The van der Waals surface area contributed by atoms with Gasteiger partial charge in [-0.3, -0.25) is 14.6 Å². The smallest absolute Gasteiger partial charge is 0.381 e. The van der Waals surface area contributed by atoms with Gasteiger partial charge in [0.05, 0.1) is 23.8 Å². The highest BCUT2D eigenvalue weighted by Gasteiger charge is 2.42. The Bertz CT molecular complexity index is 1130. The summed E-state index contributed by atoms with van der Waals surface area (Å²) in [6.07, 6.45) is 2.19. The van der Waals surface area contributed by atoms with Crippen molar-refractivity contribution in [2.45, 2.75) is 25.1 Å². The Balaban J connectivity index is 1.42. The lowest BCUT2D eigenvalue weighted by atomic mass is 9.99.